The summed E-state index contributed by atoms with van der Waals surface area (Å²) in [7, 11) is 0. The highest BCUT2D eigenvalue weighted by molar-refractivity contribution is 5.62. The van der Waals surface area contributed by atoms with E-state index in [1.807, 2.05) is 6.92 Å². The van der Waals surface area contributed by atoms with E-state index in [1.165, 1.54) is 0 Å². The molecule has 0 amide bonds. The number of hydrogen-bond acceptors (Lipinski definition) is 3. The van der Waals surface area contributed by atoms with E-state index in [0.717, 1.165) is 6.42 Å². The van der Waals surface area contributed by atoms with E-state index < -0.39 is 6.16 Å². The molecule has 0 spiro atoms. The molecular formula is C6H8O3. The van der Waals surface area contributed by atoms with Gasteiger partial charge in [-0.15, -0.1) is 0 Å². The van der Waals surface area contributed by atoms with E-state index >= 15 is 0 Å². The SMILES string of the molecule is CCC1=CCOC(=O)O1. The van der Waals surface area contributed by atoms with Crippen molar-refractivity contribution in [1.29, 1.82) is 0 Å². The Bertz CT molecular complexity index is 148. The molecule has 1 aliphatic rings. The fourth-order valence-electron chi connectivity index (χ4n) is 0.597. The van der Waals surface area contributed by atoms with Gasteiger partial charge < -0.3 is 9.47 Å². The average Bonchev–Trinajstić information content (AvgIpc) is 1.88. The first-order chi connectivity index (χ1) is 4.33. The van der Waals surface area contributed by atoms with E-state index in [2.05, 4.69) is 9.47 Å². The number of rotatable bonds is 1. The molecule has 0 aromatic heterocycles. The largest absolute Gasteiger partial charge is 0.513 e. The summed E-state index contributed by atoms with van der Waals surface area (Å²) in [6, 6.07) is 0. The van der Waals surface area contributed by atoms with E-state index in [4.69, 9.17) is 0 Å². The lowest BCUT2D eigenvalue weighted by Crippen LogP contribution is -2.12. The molecule has 1 heterocycles. The summed E-state index contributed by atoms with van der Waals surface area (Å²) in [4.78, 5) is 10.3. The van der Waals surface area contributed by atoms with Crippen LogP contribution in [0.15, 0.2) is 11.8 Å². The van der Waals surface area contributed by atoms with Crippen LogP contribution in [0.3, 0.4) is 0 Å². The maximum absolute atomic E-state index is 10.3. The van der Waals surface area contributed by atoms with Gasteiger partial charge >= 0.3 is 6.16 Å². The lowest BCUT2D eigenvalue weighted by Gasteiger charge is -2.10. The van der Waals surface area contributed by atoms with Crippen molar-refractivity contribution in [2.45, 2.75) is 13.3 Å². The van der Waals surface area contributed by atoms with Crippen molar-refractivity contribution in [1.82, 2.24) is 0 Å². The van der Waals surface area contributed by atoms with Crippen LogP contribution in [0, 0.1) is 0 Å². The van der Waals surface area contributed by atoms with Gasteiger partial charge in [0.1, 0.15) is 12.4 Å². The predicted octanol–water partition coefficient (Wildman–Crippen LogP) is 1.45. The van der Waals surface area contributed by atoms with E-state index in [9.17, 15) is 4.79 Å². The van der Waals surface area contributed by atoms with Crippen molar-refractivity contribution in [3.05, 3.63) is 11.8 Å². The first kappa shape index (κ1) is 6.13. The monoisotopic (exact) mass is 128 g/mol. The van der Waals surface area contributed by atoms with Crippen molar-refractivity contribution in [3.63, 3.8) is 0 Å². The van der Waals surface area contributed by atoms with Crippen LogP contribution in [0.4, 0.5) is 4.79 Å². The van der Waals surface area contributed by atoms with Crippen LogP contribution in [-0.4, -0.2) is 12.8 Å². The molecule has 0 unspecified atom stereocenters. The minimum absolute atomic E-state index is 0.349. The maximum Gasteiger partial charge on any atom is 0.513 e. The summed E-state index contributed by atoms with van der Waals surface area (Å²) in [6.07, 6.45) is 1.91. The van der Waals surface area contributed by atoms with Crippen LogP contribution >= 0.6 is 0 Å². The Balaban J connectivity index is 2.53. The summed E-state index contributed by atoms with van der Waals surface area (Å²) in [5.74, 6) is 0.700. The molecule has 0 aromatic rings. The molecule has 0 saturated heterocycles. The highest BCUT2D eigenvalue weighted by atomic mass is 16.7. The Labute approximate surface area is 53.3 Å². The highest BCUT2D eigenvalue weighted by Gasteiger charge is 2.10. The molecule has 0 atom stereocenters. The molecule has 0 radical (unpaired) electrons. The van der Waals surface area contributed by atoms with Gasteiger partial charge in [0.05, 0.1) is 0 Å². The first-order valence-electron chi connectivity index (χ1n) is 2.86. The van der Waals surface area contributed by atoms with Crippen LogP contribution < -0.4 is 0 Å². The molecule has 3 heteroatoms. The van der Waals surface area contributed by atoms with Gasteiger partial charge in [0.25, 0.3) is 0 Å². The average molecular weight is 128 g/mol. The maximum atomic E-state index is 10.3. The van der Waals surface area contributed by atoms with Crippen molar-refractivity contribution >= 4 is 6.16 Å². The fourth-order valence-corrected chi connectivity index (χ4v) is 0.597. The van der Waals surface area contributed by atoms with E-state index in [1.54, 1.807) is 6.08 Å². The third-order valence-corrected chi connectivity index (χ3v) is 1.08. The number of carbonyl (C=O) groups is 1. The van der Waals surface area contributed by atoms with Gasteiger partial charge in [0.15, 0.2) is 0 Å². The smallest absolute Gasteiger partial charge is 0.430 e. The van der Waals surface area contributed by atoms with E-state index in [-0.39, 0.29) is 0 Å². The predicted molar refractivity (Wildman–Crippen MR) is 30.8 cm³/mol. The molecule has 0 saturated carbocycles. The third kappa shape index (κ3) is 1.45. The zero-order chi connectivity index (χ0) is 6.69. The summed E-state index contributed by atoms with van der Waals surface area (Å²) in [6.45, 7) is 2.27. The molecule has 1 rings (SSSR count). The normalized spacial score (nSPS) is 17.9. The second kappa shape index (κ2) is 2.53. The summed E-state index contributed by atoms with van der Waals surface area (Å²) in [5, 5.41) is 0. The number of allylic oxidation sites excluding steroid dienone is 1. The topological polar surface area (TPSA) is 35.5 Å². The van der Waals surface area contributed by atoms with Crippen molar-refractivity contribution in [2.75, 3.05) is 6.61 Å². The number of carbonyl (C=O) groups excluding carboxylic acids is 1. The molecule has 0 fully saturated rings. The second-order valence-corrected chi connectivity index (χ2v) is 1.69. The van der Waals surface area contributed by atoms with E-state index in [0.29, 0.717) is 12.4 Å². The molecule has 0 aliphatic carbocycles. The third-order valence-electron chi connectivity index (χ3n) is 1.08. The van der Waals surface area contributed by atoms with Gasteiger partial charge in [-0.3, -0.25) is 0 Å². The Morgan fingerprint density at radius 2 is 2.56 bits per heavy atom. The summed E-state index contributed by atoms with van der Waals surface area (Å²) >= 11 is 0. The fraction of sp³-hybridized carbons (Fsp3) is 0.500. The summed E-state index contributed by atoms with van der Waals surface area (Å²) < 4.78 is 9.11. The van der Waals surface area contributed by atoms with Crippen molar-refractivity contribution in [2.24, 2.45) is 0 Å². The van der Waals surface area contributed by atoms with Crippen LogP contribution in [0.1, 0.15) is 13.3 Å². The standard InChI is InChI=1S/C6H8O3/c1-2-5-3-4-8-6(7)9-5/h3H,2,4H2,1H3. The Morgan fingerprint density at radius 3 is 3.00 bits per heavy atom. The van der Waals surface area contributed by atoms with Gasteiger partial charge in [-0.2, -0.15) is 0 Å². The van der Waals surface area contributed by atoms with Gasteiger partial charge in [0.2, 0.25) is 0 Å². The van der Waals surface area contributed by atoms with Crippen LogP contribution in [0.25, 0.3) is 0 Å². The zero-order valence-electron chi connectivity index (χ0n) is 5.22. The molecule has 3 nitrogen and oxygen atoms in total. The lowest BCUT2D eigenvalue weighted by atomic mass is 10.3. The van der Waals surface area contributed by atoms with Gasteiger partial charge in [0, 0.05) is 6.42 Å². The van der Waals surface area contributed by atoms with Crippen molar-refractivity contribution < 1.29 is 14.3 Å². The van der Waals surface area contributed by atoms with Gasteiger partial charge in [-0.05, 0) is 6.08 Å². The molecule has 0 bridgehead atoms. The summed E-state index contributed by atoms with van der Waals surface area (Å²) in [5.41, 5.74) is 0. The lowest BCUT2D eigenvalue weighted by molar-refractivity contribution is 0.0712. The second-order valence-electron chi connectivity index (χ2n) is 1.69. The van der Waals surface area contributed by atoms with Crippen LogP contribution in [0.5, 0.6) is 0 Å². The first-order valence-corrected chi connectivity index (χ1v) is 2.86. The number of cyclic esters (lactones) is 2. The number of hydrogen-bond donors (Lipinski definition) is 0. The van der Waals surface area contributed by atoms with Crippen LogP contribution in [0.2, 0.25) is 0 Å². The zero-order valence-corrected chi connectivity index (χ0v) is 5.22. The molecule has 50 valence electrons. The highest BCUT2D eigenvalue weighted by Crippen LogP contribution is 2.08. The van der Waals surface area contributed by atoms with Crippen LogP contribution in [-0.2, 0) is 9.47 Å². The van der Waals surface area contributed by atoms with Gasteiger partial charge in [-0.1, -0.05) is 6.92 Å². The quantitative estimate of drug-likeness (QED) is 0.501. The Kier molecular flexibility index (Phi) is 1.72. The van der Waals surface area contributed by atoms with Crippen molar-refractivity contribution in [3.8, 4) is 0 Å². The Morgan fingerprint density at radius 1 is 1.78 bits per heavy atom. The minimum atomic E-state index is -0.589. The Hall–Kier alpha value is -0.990. The molecule has 0 aromatic carbocycles. The minimum Gasteiger partial charge on any atom is -0.430 e. The molecule has 0 N–H and O–H groups in total. The number of ether oxygens (including phenoxy) is 2. The molecular weight excluding hydrogens is 120 g/mol. The molecule has 9 heavy (non-hydrogen) atoms. The molecule has 1 aliphatic heterocycles. The van der Waals surface area contributed by atoms with Gasteiger partial charge in [-0.25, -0.2) is 4.79 Å².